The van der Waals surface area contributed by atoms with Crippen molar-refractivity contribution >= 4 is 34.6 Å². The van der Waals surface area contributed by atoms with Crippen LogP contribution in [0.5, 0.6) is 5.75 Å². The quantitative estimate of drug-likeness (QED) is 0.439. The molecule has 0 fully saturated rings. The number of nitrogen functional groups attached to an aromatic ring is 1. The summed E-state index contributed by atoms with van der Waals surface area (Å²) < 4.78 is 5.06. The maximum Gasteiger partial charge on any atom is 0.267 e. The number of halogens is 1. The Bertz CT molecular complexity index is 810. The van der Waals surface area contributed by atoms with Crippen molar-refractivity contribution in [1.29, 1.82) is 5.26 Å². The van der Waals surface area contributed by atoms with Gasteiger partial charge in [0.25, 0.3) is 5.91 Å². The van der Waals surface area contributed by atoms with Crippen molar-refractivity contribution in [3.05, 3.63) is 59.3 Å². The third kappa shape index (κ3) is 4.41. The monoisotopic (exact) mass is 342 g/mol. The lowest BCUT2D eigenvalue weighted by molar-refractivity contribution is -0.112. The molecular formula is C17H15ClN4O2. The van der Waals surface area contributed by atoms with Gasteiger partial charge in [-0.1, -0.05) is 11.6 Å². The number of carbonyl (C=O) groups excluding carboxylic acids is 1. The van der Waals surface area contributed by atoms with Gasteiger partial charge in [-0.05, 0) is 42.5 Å². The van der Waals surface area contributed by atoms with Gasteiger partial charge in [0.05, 0.1) is 17.8 Å². The minimum atomic E-state index is -0.556. The molecule has 0 heterocycles. The SMILES string of the molecule is COc1ccc(N/C=C(/C#N)C(=O)Nc2ccc(N)c(Cl)c2)cc1. The Morgan fingerprint density at radius 2 is 1.92 bits per heavy atom. The number of nitriles is 1. The number of benzene rings is 2. The topological polar surface area (TPSA) is 100 Å². The van der Waals surface area contributed by atoms with Crippen molar-refractivity contribution < 1.29 is 9.53 Å². The third-order valence-electron chi connectivity index (χ3n) is 3.10. The Morgan fingerprint density at radius 3 is 2.50 bits per heavy atom. The van der Waals surface area contributed by atoms with E-state index in [9.17, 15) is 4.79 Å². The summed E-state index contributed by atoms with van der Waals surface area (Å²) in [7, 11) is 1.57. The lowest BCUT2D eigenvalue weighted by Gasteiger charge is -2.07. The van der Waals surface area contributed by atoms with E-state index in [-0.39, 0.29) is 5.57 Å². The fourth-order valence-corrected chi connectivity index (χ4v) is 1.98. The molecule has 4 N–H and O–H groups in total. The molecule has 6 nitrogen and oxygen atoms in total. The van der Waals surface area contributed by atoms with Crippen LogP contribution in [0.3, 0.4) is 0 Å². The van der Waals surface area contributed by atoms with Gasteiger partial charge in [0.2, 0.25) is 0 Å². The van der Waals surface area contributed by atoms with E-state index in [1.807, 2.05) is 6.07 Å². The molecule has 0 unspecified atom stereocenters. The Hall–Kier alpha value is -3.17. The Morgan fingerprint density at radius 1 is 1.25 bits per heavy atom. The summed E-state index contributed by atoms with van der Waals surface area (Å²) in [5, 5.41) is 14.9. The second-order valence-electron chi connectivity index (χ2n) is 4.73. The minimum Gasteiger partial charge on any atom is -0.497 e. The molecule has 0 radical (unpaired) electrons. The van der Waals surface area contributed by atoms with Crippen LogP contribution in [0.25, 0.3) is 0 Å². The van der Waals surface area contributed by atoms with Gasteiger partial charge in [-0.3, -0.25) is 4.79 Å². The van der Waals surface area contributed by atoms with E-state index in [0.29, 0.717) is 27.8 Å². The molecule has 122 valence electrons. The predicted molar refractivity (Wildman–Crippen MR) is 94.8 cm³/mol. The average Bonchev–Trinajstić information content (AvgIpc) is 2.59. The number of methoxy groups -OCH3 is 1. The highest BCUT2D eigenvalue weighted by molar-refractivity contribution is 6.33. The molecule has 0 bridgehead atoms. The molecule has 0 saturated heterocycles. The zero-order valence-corrected chi connectivity index (χ0v) is 13.6. The minimum absolute atomic E-state index is 0.0845. The number of carbonyl (C=O) groups is 1. The van der Waals surface area contributed by atoms with Gasteiger partial charge >= 0.3 is 0 Å². The zero-order valence-electron chi connectivity index (χ0n) is 12.8. The Balaban J connectivity index is 2.07. The molecule has 0 aliphatic heterocycles. The first-order valence-corrected chi connectivity index (χ1v) is 7.28. The highest BCUT2D eigenvalue weighted by Crippen LogP contribution is 2.23. The number of hydrogen-bond acceptors (Lipinski definition) is 5. The summed E-state index contributed by atoms with van der Waals surface area (Å²) in [5.41, 5.74) is 7.10. The van der Waals surface area contributed by atoms with Crippen LogP contribution < -0.4 is 21.1 Å². The molecule has 7 heteroatoms. The normalized spacial score (nSPS) is 10.6. The molecule has 1 amide bonds. The fraction of sp³-hybridized carbons (Fsp3) is 0.0588. The van der Waals surface area contributed by atoms with Crippen LogP contribution >= 0.6 is 11.6 Å². The van der Waals surface area contributed by atoms with E-state index in [0.717, 1.165) is 0 Å². The summed E-state index contributed by atoms with van der Waals surface area (Å²) in [6, 6.07) is 13.6. The number of rotatable bonds is 5. The second kappa shape index (κ2) is 7.90. The van der Waals surface area contributed by atoms with Crippen molar-refractivity contribution in [2.75, 3.05) is 23.5 Å². The molecule has 2 aromatic rings. The number of nitrogens with one attached hydrogen (secondary N) is 2. The van der Waals surface area contributed by atoms with E-state index < -0.39 is 5.91 Å². The van der Waals surface area contributed by atoms with E-state index in [2.05, 4.69) is 10.6 Å². The highest BCUT2D eigenvalue weighted by Gasteiger charge is 2.10. The summed E-state index contributed by atoms with van der Waals surface area (Å²) >= 11 is 5.90. The number of anilines is 3. The van der Waals surface area contributed by atoms with Crippen LogP contribution in [-0.4, -0.2) is 13.0 Å². The van der Waals surface area contributed by atoms with Gasteiger partial charge in [-0.25, -0.2) is 0 Å². The first kappa shape index (κ1) is 17.2. The van der Waals surface area contributed by atoms with Crippen molar-refractivity contribution in [1.82, 2.24) is 0 Å². The van der Waals surface area contributed by atoms with Crippen LogP contribution in [0.4, 0.5) is 17.1 Å². The zero-order chi connectivity index (χ0) is 17.5. The van der Waals surface area contributed by atoms with Crippen LogP contribution in [0.15, 0.2) is 54.2 Å². The molecule has 0 aliphatic rings. The predicted octanol–water partition coefficient (Wildman–Crippen LogP) is 3.39. The Labute approximate surface area is 144 Å². The number of amides is 1. The highest BCUT2D eigenvalue weighted by atomic mass is 35.5. The molecule has 0 atom stereocenters. The molecule has 0 aliphatic carbocycles. The van der Waals surface area contributed by atoms with E-state index in [1.165, 1.54) is 12.3 Å². The van der Waals surface area contributed by atoms with Crippen molar-refractivity contribution in [2.24, 2.45) is 0 Å². The molecule has 0 saturated carbocycles. The van der Waals surface area contributed by atoms with Gasteiger partial charge in [-0.15, -0.1) is 0 Å². The third-order valence-corrected chi connectivity index (χ3v) is 3.42. The van der Waals surface area contributed by atoms with Gasteiger partial charge in [-0.2, -0.15) is 5.26 Å². The standard InChI is InChI=1S/C17H15ClN4O2/c1-24-14-5-2-12(3-6-14)21-10-11(9-19)17(23)22-13-4-7-16(20)15(18)8-13/h2-8,10,21H,20H2,1H3,(H,22,23)/b11-10-. The number of hydrogen-bond donors (Lipinski definition) is 3. The number of ether oxygens (including phenoxy) is 1. The summed E-state index contributed by atoms with van der Waals surface area (Å²) in [5.74, 6) is 0.155. The maximum atomic E-state index is 12.1. The maximum absolute atomic E-state index is 12.1. The number of nitrogens with zero attached hydrogens (tertiary/aromatic N) is 1. The summed E-state index contributed by atoms with van der Waals surface area (Å²) in [6.07, 6.45) is 1.33. The van der Waals surface area contributed by atoms with Gasteiger partial charge in [0.1, 0.15) is 17.4 Å². The fourth-order valence-electron chi connectivity index (χ4n) is 1.79. The first-order valence-electron chi connectivity index (χ1n) is 6.90. The van der Waals surface area contributed by atoms with Gasteiger partial charge < -0.3 is 21.1 Å². The number of nitrogens with two attached hydrogens (primary N) is 1. The molecule has 0 spiro atoms. The van der Waals surface area contributed by atoms with Crippen molar-refractivity contribution in [3.8, 4) is 11.8 Å². The summed E-state index contributed by atoms with van der Waals surface area (Å²) in [6.45, 7) is 0. The van der Waals surface area contributed by atoms with Crippen molar-refractivity contribution in [3.63, 3.8) is 0 Å². The van der Waals surface area contributed by atoms with Crippen LogP contribution in [0, 0.1) is 11.3 Å². The Kier molecular flexibility index (Phi) is 5.66. The lowest BCUT2D eigenvalue weighted by atomic mass is 10.2. The first-order chi connectivity index (χ1) is 11.5. The van der Waals surface area contributed by atoms with Crippen LogP contribution in [-0.2, 0) is 4.79 Å². The molecule has 2 aromatic carbocycles. The molecular weight excluding hydrogens is 328 g/mol. The van der Waals surface area contributed by atoms with Crippen molar-refractivity contribution in [2.45, 2.75) is 0 Å². The second-order valence-corrected chi connectivity index (χ2v) is 5.14. The van der Waals surface area contributed by atoms with Gasteiger partial charge in [0, 0.05) is 17.6 Å². The molecule has 0 aromatic heterocycles. The molecule has 24 heavy (non-hydrogen) atoms. The van der Waals surface area contributed by atoms with Crippen LogP contribution in [0.2, 0.25) is 5.02 Å². The van der Waals surface area contributed by atoms with Crippen LogP contribution in [0.1, 0.15) is 0 Å². The van der Waals surface area contributed by atoms with E-state index >= 15 is 0 Å². The smallest absolute Gasteiger partial charge is 0.267 e. The largest absolute Gasteiger partial charge is 0.497 e. The lowest BCUT2D eigenvalue weighted by Crippen LogP contribution is -2.14. The molecule has 2 rings (SSSR count). The summed E-state index contributed by atoms with van der Waals surface area (Å²) in [4.78, 5) is 12.1. The van der Waals surface area contributed by atoms with E-state index in [1.54, 1.807) is 43.5 Å². The average molecular weight is 343 g/mol. The van der Waals surface area contributed by atoms with E-state index in [4.69, 9.17) is 27.3 Å². The van der Waals surface area contributed by atoms with Gasteiger partial charge in [0.15, 0.2) is 0 Å².